The smallest absolute Gasteiger partial charge is 0.331 e. The van der Waals surface area contributed by atoms with Gasteiger partial charge < -0.3 is 19.7 Å². The van der Waals surface area contributed by atoms with Crippen LogP contribution in [0, 0.1) is 34.5 Å². The molecule has 4 saturated carbocycles. The SMILES string of the molecule is C[C@]12CC[C@@H]3[C@H](CC[C@H]4C[C@H](O)CC[C@@]43C=O)[C@]1(O)CC[C@H]2C1=CC(=O)OC1. The van der Waals surface area contributed by atoms with E-state index in [2.05, 4.69) is 6.92 Å². The topological polar surface area (TPSA) is 83.8 Å². The van der Waals surface area contributed by atoms with Gasteiger partial charge in [-0.25, -0.2) is 4.79 Å². The highest BCUT2D eigenvalue weighted by molar-refractivity contribution is 5.85. The molecule has 5 heteroatoms. The molecule has 1 aliphatic heterocycles. The normalized spacial score (nSPS) is 52.9. The van der Waals surface area contributed by atoms with Gasteiger partial charge in [-0.1, -0.05) is 6.92 Å². The molecule has 5 nitrogen and oxygen atoms in total. The maximum absolute atomic E-state index is 12.4. The van der Waals surface area contributed by atoms with Crippen molar-refractivity contribution in [3.63, 3.8) is 0 Å². The highest BCUT2D eigenvalue weighted by atomic mass is 16.5. The van der Waals surface area contributed by atoms with Gasteiger partial charge in [-0.05, 0) is 87.0 Å². The van der Waals surface area contributed by atoms with E-state index in [1.165, 1.54) is 6.29 Å². The lowest BCUT2D eigenvalue weighted by atomic mass is 9.43. The fraction of sp³-hybridized carbons (Fsp3) is 0.826. The van der Waals surface area contributed by atoms with Crippen LogP contribution in [-0.2, 0) is 14.3 Å². The number of cyclic esters (lactones) is 1. The molecule has 0 bridgehead atoms. The van der Waals surface area contributed by atoms with Gasteiger partial charge in [-0.15, -0.1) is 0 Å². The number of carbonyl (C=O) groups is 2. The summed E-state index contributed by atoms with van der Waals surface area (Å²) in [4.78, 5) is 24.1. The molecule has 0 spiro atoms. The molecular formula is C23H32O5. The first-order chi connectivity index (χ1) is 13.3. The van der Waals surface area contributed by atoms with Crippen LogP contribution in [0.25, 0.3) is 0 Å². The van der Waals surface area contributed by atoms with Gasteiger partial charge >= 0.3 is 5.97 Å². The third-order valence-electron chi connectivity index (χ3n) is 9.74. The third-order valence-corrected chi connectivity index (χ3v) is 9.74. The second kappa shape index (κ2) is 6.15. The van der Waals surface area contributed by atoms with Crippen LogP contribution in [0.15, 0.2) is 11.6 Å². The second-order valence-corrected chi connectivity index (χ2v) is 10.4. The first-order valence-corrected chi connectivity index (χ1v) is 11.1. The zero-order chi connectivity index (χ0) is 19.7. The standard InChI is InChI=1S/C23H32O5/c1-21-7-5-18-19(3-2-15-11-16(25)4-8-22(15,18)13-24)23(21,27)9-6-17(21)14-10-20(26)28-12-14/h10,13,15-19,25,27H,2-9,11-12H2,1H3/t15-,16+,17-,18+,19-,21+,22+,23+/m0/s1. The minimum atomic E-state index is -0.788. The molecule has 5 aliphatic rings. The molecule has 8 atom stereocenters. The van der Waals surface area contributed by atoms with Crippen molar-refractivity contribution in [2.45, 2.75) is 76.4 Å². The third kappa shape index (κ3) is 2.26. The average Bonchev–Trinajstić information content (AvgIpc) is 3.22. The first kappa shape index (κ1) is 18.8. The van der Waals surface area contributed by atoms with Crippen LogP contribution in [0.5, 0.6) is 0 Å². The molecule has 0 saturated heterocycles. The van der Waals surface area contributed by atoms with E-state index in [0.29, 0.717) is 13.0 Å². The number of ether oxygens (including phenoxy) is 1. The quantitative estimate of drug-likeness (QED) is 0.561. The molecule has 0 aromatic heterocycles. The monoisotopic (exact) mass is 388 g/mol. The molecule has 5 rings (SSSR count). The summed E-state index contributed by atoms with van der Waals surface area (Å²) in [5, 5.41) is 22.3. The van der Waals surface area contributed by atoms with Crippen molar-refractivity contribution in [2.24, 2.45) is 34.5 Å². The van der Waals surface area contributed by atoms with Gasteiger partial charge in [0.15, 0.2) is 0 Å². The van der Waals surface area contributed by atoms with Crippen molar-refractivity contribution in [1.29, 1.82) is 0 Å². The summed E-state index contributed by atoms with van der Waals surface area (Å²) in [6.45, 7) is 2.57. The van der Waals surface area contributed by atoms with Gasteiger partial charge in [0.1, 0.15) is 12.9 Å². The van der Waals surface area contributed by atoms with Crippen molar-refractivity contribution >= 4 is 12.3 Å². The van der Waals surface area contributed by atoms with E-state index >= 15 is 0 Å². The molecule has 4 aliphatic carbocycles. The molecule has 0 unspecified atom stereocenters. The fourth-order valence-electron chi connectivity index (χ4n) is 8.31. The Morgan fingerprint density at radius 2 is 1.93 bits per heavy atom. The minimum absolute atomic E-state index is 0.131. The average molecular weight is 389 g/mol. The van der Waals surface area contributed by atoms with Crippen LogP contribution in [0.1, 0.15) is 64.7 Å². The molecule has 0 amide bonds. The lowest BCUT2D eigenvalue weighted by Gasteiger charge is -2.62. The van der Waals surface area contributed by atoms with Crippen LogP contribution in [0.2, 0.25) is 0 Å². The maximum Gasteiger partial charge on any atom is 0.331 e. The van der Waals surface area contributed by atoms with Gasteiger partial charge in [0.25, 0.3) is 0 Å². The molecule has 154 valence electrons. The molecular weight excluding hydrogens is 356 g/mol. The largest absolute Gasteiger partial charge is 0.458 e. The number of rotatable bonds is 2. The minimum Gasteiger partial charge on any atom is -0.458 e. The van der Waals surface area contributed by atoms with Crippen molar-refractivity contribution in [2.75, 3.05) is 6.61 Å². The predicted molar refractivity (Wildman–Crippen MR) is 102 cm³/mol. The Labute approximate surface area is 166 Å². The van der Waals surface area contributed by atoms with Crippen LogP contribution >= 0.6 is 0 Å². The van der Waals surface area contributed by atoms with Crippen LogP contribution in [0.3, 0.4) is 0 Å². The van der Waals surface area contributed by atoms with Crippen LogP contribution in [-0.4, -0.2) is 40.8 Å². The van der Waals surface area contributed by atoms with E-state index in [1.807, 2.05) is 0 Å². The fourth-order valence-corrected chi connectivity index (χ4v) is 8.31. The van der Waals surface area contributed by atoms with Crippen LogP contribution < -0.4 is 0 Å². The Kier molecular flexibility index (Phi) is 4.13. The van der Waals surface area contributed by atoms with Crippen molar-refractivity contribution in [3.8, 4) is 0 Å². The second-order valence-electron chi connectivity index (χ2n) is 10.4. The predicted octanol–water partition coefficient (Wildman–Crippen LogP) is 2.78. The summed E-state index contributed by atoms with van der Waals surface area (Å²) in [7, 11) is 0. The van der Waals surface area contributed by atoms with Crippen molar-refractivity contribution < 1.29 is 24.5 Å². The molecule has 28 heavy (non-hydrogen) atoms. The van der Waals surface area contributed by atoms with Gasteiger partial charge in [0, 0.05) is 16.9 Å². The van der Waals surface area contributed by atoms with E-state index in [1.54, 1.807) is 6.08 Å². The zero-order valence-corrected chi connectivity index (χ0v) is 16.7. The molecule has 2 N–H and O–H groups in total. The Bertz CT molecular complexity index is 731. The van der Waals surface area contributed by atoms with E-state index in [4.69, 9.17) is 4.74 Å². The highest BCUT2D eigenvalue weighted by Gasteiger charge is 2.68. The molecule has 0 aromatic carbocycles. The number of hydrogen-bond donors (Lipinski definition) is 2. The van der Waals surface area contributed by atoms with Crippen molar-refractivity contribution in [3.05, 3.63) is 11.6 Å². The van der Waals surface area contributed by atoms with E-state index < -0.39 is 5.60 Å². The lowest BCUT2D eigenvalue weighted by molar-refractivity contribution is -0.207. The Balaban J connectivity index is 1.49. The molecule has 1 heterocycles. The van der Waals surface area contributed by atoms with Gasteiger partial charge in [-0.2, -0.15) is 0 Å². The van der Waals surface area contributed by atoms with Gasteiger partial charge in [0.05, 0.1) is 11.7 Å². The van der Waals surface area contributed by atoms with E-state index in [9.17, 15) is 19.8 Å². The van der Waals surface area contributed by atoms with Crippen molar-refractivity contribution in [1.82, 2.24) is 0 Å². The molecule has 0 radical (unpaired) electrons. The number of esters is 1. The number of aliphatic hydroxyl groups excluding tert-OH is 1. The number of hydrogen-bond acceptors (Lipinski definition) is 5. The summed E-state index contributed by atoms with van der Waals surface area (Å²) in [6.07, 6.45) is 10.1. The summed E-state index contributed by atoms with van der Waals surface area (Å²) in [6, 6.07) is 0. The summed E-state index contributed by atoms with van der Waals surface area (Å²) < 4.78 is 5.17. The van der Waals surface area contributed by atoms with Crippen LogP contribution in [0.4, 0.5) is 0 Å². The van der Waals surface area contributed by atoms with Gasteiger partial charge in [-0.3, -0.25) is 0 Å². The number of aldehydes is 1. The summed E-state index contributed by atoms with van der Waals surface area (Å²) in [5.41, 5.74) is -0.381. The molecule has 0 aromatic rings. The Morgan fingerprint density at radius 1 is 1.11 bits per heavy atom. The summed E-state index contributed by atoms with van der Waals surface area (Å²) >= 11 is 0. The molecule has 4 fully saturated rings. The number of fused-ring (bicyclic) bond motifs is 5. The number of aliphatic hydroxyl groups is 2. The highest BCUT2D eigenvalue weighted by Crippen LogP contribution is 2.69. The summed E-state index contributed by atoms with van der Waals surface area (Å²) in [5.74, 6) is 0.519. The van der Waals surface area contributed by atoms with E-state index in [-0.39, 0.29) is 46.6 Å². The number of carbonyl (C=O) groups excluding carboxylic acids is 2. The Morgan fingerprint density at radius 3 is 2.64 bits per heavy atom. The first-order valence-electron chi connectivity index (χ1n) is 11.1. The van der Waals surface area contributed by atoms with Gasteiger partial charge in [0.2, 0.25) is 0 Å². The lowest BCUT2D eigenvalue weighted by Crippen LogP contribution is -2.63. The zero-order valence-electron chi connectivity index (χ0n) is 16.7. The Hall–Kier alpha value is -1.20. The maximum atomic E-state index is 12.4. The van der Waals surface area contributed by atoms with E-state index in [0.717, 1.165) is 56.9 Å².